The number of aromatic hydroxyl groups is 1. The third-order valence-corrected chi connectivity index (χ3v) is 7.17. The van der Waals surface area contributed by atoms with Crippen molar-refractivity contribution in [3.8, 4) is 28.6 Å². The Balaban J connectivity index is 1.52. The molecule has 37 heavy (non-hydrogen) atoms. The Morgan fingerprint density at radius 3 is 2.59 bits per heavy atom. The number of nitrogens with zero attached hydrogens (tertiary/aromatic N) is 4. The van der Waals surface area contributed by atoms with E-state index in [0.29, 0.717) is 32.6 Å². The van der Waals surface area contributed by atoms with E-state index in [1.54, 1.807) is 24.3 Å². The Morgan fingerprint density at radius 1 is 1.16 bits per heavy atom. The van der Waals surface area contributed by atoms with Gasteiger partial charge in [0, 0.05) is 26.3 Å². The van der Waals surface area contributed by atoms with Crippen molar-refractivity contribution >= 4 is 67.3 Å². The predicted octanol–water partition coefficient (Wildman–Crippen LogP) is 6.46. The lowest BCUT2D eigenvalue weighted by Crippen LogP contribution is -2.20. The number of phenolic OH excluding ortho intramolecular Hbond substituents is 1. The van der Waals surface area contributed by atoms with Crippen LogP contribution in [0.3, 0.4) is 0 Å². The maximum atomic E-state index is 12.5. The van der Waals surface area contributed by atoms with Crippen LogP contribution in [0.1, 0.15) is 12.5 Å². The highest BCUT2D eigenvalue weighted by Gasteiger charge is 2.17. The highest BCUT2D eigenvalue weighted by molar-refractivity contribution is 9.11. The van der Waals surface area contributed by atoms with Crippen molar-refractivity contribution in [3.05, 3.63) is 80.2 Å². The van der Waals surface area contributed by atoms with E-state index in [9.17, 15) is 9.90 Å². The topological polar surface area (TPSA) is 102 Å². The molecule has 1 aromatic heterocycles. The number of rotatable bonds is 9. The summed E-state index contributed by atoms with van der Waals surface area (Å²) >= 11 is 13.9. The summed E-state index contributed by atoms with van der Waals surface area (Å²) in [7, 11) is 0. The van der Waals surface area contributed by atoms with Gasteiger partial charge in [-0.05, 0) is 83.5 Å². The molecule has 0 bridgehead atoms. The van der Waals surface area contributed by atoms with Gasteiger partial charge in [-0.1, -0.05) is 39.3 Å². The normalized spacial score (nSPS) is 11.1. The molecule has 190 valence electrons. The van der Waals surface area contributed by atoms with Crippen LogP contribution < -0.4 is 10.2 Å². The number of benzene rings is 3. The lowest BCUT2D eigenvalue weighted by molar-refractivity contribution is -0.118. The average molecular weight is 666 g/mol. The molecule has 1 amide bonds. The van der Waals surface area contributed by atoms with E-state index in [4.69, 9.17) is 16.3 Å². The van der Waals surface area contributed by atoms with Gasteiger partial charge in [-0.2, -0.15) is 5.10 Å². The minimum Gasteiger partial charge on any atom is -0.506 e. The lowest BCUT2D eigenvalue weighted by atomic mass is 10.2. The molecular formula is C25H20Br2ClN5O3S. The van der Waals surface area contributed by atoms with Gasteiger partial charge in [0.05, 0.1) is 23.0 Å². The number of halogens is 3. The second-order valence-corrected chi connectivity index (χ2v) is 10.6. The zero-order valence-electron chi connectivity index (χ0n) is 19.4. The van der Waals surface area contributed by atoms with Crippen molar-refractivity contribution in [1.82, 2.24) is 20.2 Å². The third-order valence-electron chi connectivity index (χ3n) is 4.92. The number of hydrogen-bond donors (Lipinski definition) is 2. The predicted molar refractivity (Wildman–Crippen MR) is 153 cm³/mol. The molecule has 0 radical (unpaired) electrons. The monoisotopic (exact) mass is 663 g/mol. The van der Waals surface area contributed by atoms with Gasteiger partial charge in [-0.15, -0.1) is 10.2 Å². The highest BCUT2D eigenvalue weighted by atomic mass is 79.9. The number of amides is 1. The van der Waals surface area contributed by atoms with Crippen LogP contribution in [-0.4, -0.2) is 44.4 Å². The van der Waals surface area contributed by atoms with E-state index in [1.807, 2.05) is 47.9 Å². The van der Waals surface area contributed by atoms with E-state index in [0.717, 1.165) is 21.5 Å². The average Bonchev–Trinajstić information content (AvgIpc) is 3.30. The molecule has 4 rings (SSSR count). The molecule has 4 aromatic rings. The third kappa shape index (κ3) is 6.92. The van der Waals surface area contributed by atoms with Crippen molar-refractivity contribution in [3.63, 3.8) is 0 Å². The highest BCUT2D eigenvalue weighted by Crippen LogP contribution is 2.31. The zero-order valence-corrected chi connectivity index (χ0v) is 24.1. The van der Waals surface area contributed by atoms with Crippen LogP contribution in [0.4, 0.5) is 0 Å². The minimum atomic E-state index is -0.343. The molecule has 1 heterocycles. The fourth-order valence-electron chi connectivity index (χ4n) is 3.26. The van der Waals surface area contributed by atoms with E-state index in [1.165, 1.54) is 18.0 Å². The van der Waals surface area contributed by atoms with Gasteiger partial charge in [-0.25, -0.2) is 5.43 Å². The van der Waals surface area contributed by atoms with E-state index >= 15 is 0 Å². The summed E-state index contributed by atoms with van der Waals surface area (Å²) in [6.45, 7) is 2.50. The molecule has 0 spiro atoms. The van der Waals surface area contributed by atoms with Crippen LogP contribution in [-0.2, 0) is 4.79 Å². The molecule has 0 atom stereocenters. The van der Waals surface area contributed by atoms with E-state index in [2.05, 4.69) is 52.6 Å². The zero-order chi connectivity index (χ0) is 26.4. The molecule has 0 fully saturated rings. The van der Waals surface area contributed by atoms with Gasteiger partial charge in [-0.3, -0.25) is 9.36 Å². The molecule has 3 aromatic carbocycles. The van der Waals surface area contributed by atoms with Crippen molar-refractivity contribution in [2.45, 2.75) is 12.1 Å². The first-order valence-electron chi connectivity index (χ1n) is 10.9. The fourth-order valence-corrected chi connectivity index (χ4v) is 5.39. The van der Waals surface area contributed by atoms with E-state index in [-0.39, 0.29) is 17.4 Å². The molecule has 0 aliphatic rings. The molecule has 0 aliphatic carbocycles. The second kappa shape index (κ2) is 12.6. The van der Waals surface area contributed by atoms with Crippen LogP contribution >= 0.6 is 55.2 Å². The van der Waals surface area contributed by atoms with Crippen molar-refractivity contribution in [2.75, 3.05) is 12.4 Å². The van der Waals surface area contributed by atoms with Gasteiger partial charge in [0.1, 0.15) is 11.5 Å². The molecule has 12 heteroatoms. The molecule has 2 N–H and O–H groups in total. The number of aromatic nitrogens is 3. The van der Waals surface area contributed by atoms with Crippen LogP contribution in [0.25, 0.3) is 17.1 Å². The largest absolute Gasteiger partial charge is 0.506 e. The first-order valence-corrected chi connectivity index (χ1v) is 13.9. The van der Waals surface area contributed by atoms with Crippen LogP contribution in [0.5, 0.6) is 11.5 Å². The summed E-state index contributed by atoms with van der Waals surface area (Å²) in [6.07, 6.45) is 1.37. The summed E-state index contributed by atoms with van der Waals surface area (Å²) in [5, 5.41) is 23.9. The van der Waals surface area contributed by atoms with E-state index < -0.39 is 0 Å². The first kappa shape index (κ1) is 27.2. The first-order chi connectivity index (χ1) is 17.9. The molecule has 8 nitrogen and oxygen atoms in total. The van der Waals surface area contributed by atoms with Gasteiger partial charge >= 0.3 is 0 Å². The maximum absolute atomic E-state index is 12.5. The van der Waals surface area contributed by atoms with Crippen LogP contribution in [0.2, 0.25) is 5.02 Å². The Morgan fingerprint density at radius 2 is 1.89 bits per heavy atom. The quantitative estimate of drug-likeness (QED) is 0.121. The number of thioether (sulfide) groups is 1. The number of phenols is 1. The summed E-state index contributed by atoms with van der Waals surface area (Å²) in [5.74, 6) is 1.08. The number of nitrogens with one attached hydrogen (secondary N) is 1. The van der Waals surface area contributed by atoms with Gasteiger partial charge in [0.15, 0.2) is 11.0 Å². The standard InChI is InChI=1S/C25H20Br2ClN5O3S/c1-2-36-20-9-7-19(8-10-20)33-24(15-3-5-18(28)6-4-15)31-32-25(33)37-14-22(34)30-29-13-16-11-17(26)12-21(27)23(16)35/h3-13,35H,2,14H2,1H3,(H,30,34)/b29-13-. The Labute approximate surface area is 239 Å². The molecule has 0 saturated heterocycles. The summed E-state index contributed by atoms with van der Waals surface area (Å²) in [5.41, 5.74) is 4.55. The maximum Gasteiger partial charge on any atom is 0.250 e. The fraction of sp³-hybridized carbons (Fsp3) is 0.120. The Kier molecular flexibility index (Phi) is 9.25. The number of carbonyl (C=O) groups is 1. The smallest absolute Gasteiger partial charge is 0.250 e. The number of hydrazone groups is 1. The second-order valence-electron chi connectivity index (χ2n) is 7.48. The number of carbonyl (C=O) groups excluding carboxylic acids is 1. The van der Waals surface area contributed by atoms with Gasteiger partial charge in [0.25, 0.3) is 5.91 Å². The van der Waals surface area contributed by atoms with Crippen molar-refractivity contribution < 1.29 is 14.6 Å². The summed E-state index contributed by atoms with van der Waals surface area (Å²) in [4.78, 5) is 12.5. The van der Waals surface area contributed by atoms with Gasteiger partial charge in [0.2, 0.25) is 0 Å². The Hall–Kier alpha value is -2.86. The molecule has 0 unspecified atom stereocenters. The minimum absolute atomic E-state index is 0.0220. The van der Waals surface area contributed by atoms with Crippen molar-refractivity contribution in [1.29, 1.82) is 0 Å². The van der Waals surface area contributed by atoms with Crippen LogP contribution in [0.15, 0.2) is 79.9 Å². The molecule has 0 aliphatic heterocycles. The summed E-state index contributed by atoms with van der Waals surface area (Å²) < 4.78 is 8.69. The van der Waals surface area contributed by atoms with Gasteiger partial charge < -0.3 is 9.84 Å². The lowest BCUT2D eigenvalue weighted by Gasteiger charge is -2.11. The SMILES string of the molecule is CCOc1ccc(-n2c(SCC(=O)N/N=C\c3cc(Br)cc(Br)c3O)nnc2-c2ccc(Cl)cc2)cc1. The Bertz CT molecular complexity index is 1430. The number of ether oxygens (including phenoxy) is 1. The molecular weight excluding hydrogens is 646 g/mol. The molecule has 0 saturated carbocycles. The summed E-state index contributed by atoms with van der Waals surface area (Å²) in [6, 6.07) is 18.2. The van der Waals surface area contributed by atoms with Crippen LogP contribution in [0, 0.1) is 0 Å². The number of hydrogen-bond acceptors (Lipinski definition) is 7. The van der Waals surface area contributed by atoms with Crippen molar-refractivity contribution in [2.24, 2.45) is 5.10 Å².